The fraction of sp³-hybridized carbons (Fsp3) is 0.440. The predicted molar refractivity (Wildman–Crippen MR) is 128 cm³/mol. The molecule has 2 aromatic carbocycles. The van der Waals surface area contributed by atoms with E-state index in [-0.39, 0.29) is 6.61 Å². The van der Waals surface area contributed by atoms with Crippen LogP contribution in [0.2, 0.25) is 5.02 Å². The molecule has 32 heavy (non-hydrogen) atoms. The molecule has 7 heteroatoms. The van der Waals surface area contributed by atoms with Gasteiger partial charge < -0.3 is 14.1 Å². The Balaban J connectivity index is 1.51. The lowest BCUT2D eigenvalue weighted by Crippen LogP contribution is -2.53. The molecule has 6 nitrogen and oxygen atoms in total. The summed E-state index contributed by atoms with van der Waals surface area (Å²) < 4.78 is 11.6. The number of aryl methyl sites for hydroxylation is 1. The highest BCUT2D eigenvalue weighted by Crippen LogP contribution is 2.29. The van der Waals surface area contributed by atoms with Crippen molar-refractivity contribution in [3.63, 3.8) is 0 Å². The smallest absolute Gasteiger partial charge is 0.298 e. The van der Waals surface area contributed by atoms with E-state index in [1.807, 2.05) is 30.3 Å². The Morgan fingerprint density at radius 2 is 2.09 bits per heavy atom. The average molecular weight is 456 g/mol. The second kappa shape index (κ2) is 9.92. The molecule has 0 radical (unpaired) electrons. The summed E-state index contributed by atoms with van der Waals surface area (Å²) in [6.07, 6.45) is 1.83. The van der Waals surface area contributed by atoms with Crippen LogP contribution in [0.15, 0.2) is 40.8 Å². The van der Waals surface area contributed by atoms with E-state index in [0.29, 0.717) is 23.0 Å². The second-order valence-electron chi connectivity index (χ2n) is 8.95. The number of halogens is 1. The number of benzene rings is 2. The number of hydrogen-bond donors (Lipinski definition) is 0. The van der Waals surface area contributed by atoms with Crippen molar-refractivity contribution in [2.24, 2.45) is 5.92 Å². The minimum atomic E-state index is 0.0771. The standard InChI is InChI=1S/C25H30ClN3O3/c1-17(2)10-21-16-28(15-19-11-18(3)12-22(13-19)31-9-8-30)6-7-29(21)25-27-23-5-4-20(26)14-24(23)32-25/h4-5,8,11-14,17,21H,6-7,9-10,15-16H2,1-3H3/t21-/m1/s1. The topological polar surface area (TPSA) is 58.8 Å². The molecule has 4 rings (SSSR count). The van der Waals surface area contributed by atoms with Crippen molar-refractivity contribution in [1.82, 2.24) is 9.88 Å². The number of anilines is 1. The minimum absolute atomic E-state index is 0.0771. The highest BCUT2D eigenvalue weighted by atomic mass is 35.5. The molecule has 170 valence electrons. The van der Waals surface area contributed by atoms with E-state index in [1.165, 1.54) is 5.56 Å². The van der Waals surface area contributed by atoms with Crippen LogP contribution in [-0.4, -0.2) is 48.5 Å². The monoisotopic (exact) mass is 455 g/mol. The van der Waals surface area contributed by atoms with Gasteiger partial charge in [-0.15, -0.1) is 0 Å². The summed E-state index contributed by atoms with van der Waals surface area (Å²) in [6.45, 7) is 10.1. The molecule has 1 aliphatic heterocycles. The molecule has 1 fully saturated rings. The second-order valence-corrected chi connectivity index (χ2v) is 9.39. The van der Waals surface area contributed by atoms with Crippen molar-refractivity contribution in [3.05, 3.63) is 52.5 Å². The summed E-state index contributed by atoms with van der Waals surface area (Å²) >= 11 is 6.12. The molecule has 0 amide bonds. The van der Waals surface area contributed by atoms with Gasteiger partial charge in [0.05, 0.1) is 0 Å². The average Bonchev–Trinajstić information content (AvgIpc) is 3.14. The zero-order valence-electron chi connectivity index (χ0n) is 18.9. The molecule has 0 unspecified atom stereocenters. The summed E-state index contributed by atoms with van der Waals surface area (Å²) in [6, 6.07) is 12.7. The first-order valence-electron chi connectivity index (χ1n) is 11.1. The lowest BCUT2D eigenvalue weighted by atomic mass is 10.00. The van der Waals surface area contributed by atoms with Crippen LogP contribution in [0.3, 0.4) is 0 Å². The highest BCUT2D eigenvalue weighted by Gasteiger charge is 2.30. The fourth-order valence-corrected chi connectivity index (χ4v) is 4.62. The summed E-state index contributed by atoms with van der Waals surface area (Å²) in [7, 11) is 0. The third-order valence-electron chi connectivity index (χ3n) is 5.73. The van der Waals surface area contributed by atoms with Gasteiger partial charge >= 0.3 is 0 Å². The molecular formula is C25H30ClN3O3. The molecule has 0 aliphatic carbocycles. The van der Waals surface area contributed by atoms with Gasteiger partial charge in [-0.25, -0.2) is 0 Å². The number of aromatic nitrogens is 1. The Bertz CT molecular complexity index is 1080. The molecule has 1 aromatic heterocycles. The van der Waals surface area contributed by atoms with Crippen molar-refractivity contribution in [2.45, 2.75) is 39.8 Å². The SMILES string of the molecule is Cc1cc(CN2CCN(c3nc4ccc(Cl)cc4o3)[C@H](CC(C)C)C2)cc(OCC=O)c1. The summed E-state index contributed by atoms with van der Waals surface area (Å²) in [5, 5.41) is 0.651. The normalized spacial score (nSPS) is 17.3. The molecule has 3 aromatic rings. The Morgan fingerprint density at radius 3 is 2.88 bits per heavy atom. The molecule has 1 atom stereocenters. The number of piperazine rings is 1. The number of ether oxygens (including phenoxy) is 1. The highest BCUT2D eigenvalue weighted by molar-refractivity contribution is 6.31. The zero-order valence-corrected chi connectivity index (χ0v) is 19.6. The summed E-state index contributed by atoms with van der Waals surface area (Å²) in [5.41, 5.74) is 3.88. The van der Waals surface area contributed by atoms with Gasteiger partial charge in [0.2, 0.25) is 0 Å². The van der Waals surface area contributed by atoms with E-state index in [9.17, 15) is 4.79 Å². The van der Waals surface area contributed by atoms with Gasteiger partial charge in [-0.2, -0.15) is 4.98 Å². The third kappa shape index (κ3) is 5.43. The molecular weight excluding hydrogens is 426 g/mol. The number of carbonyl (C=O) groups is 1. The number of rotatable bonds is 8. The van der Waals surface area contributed by atoms with Gasteiger partial charge in [0.1, 0.15) is 17.9 Å². The van der Waals surface area contributed by atoms with Gasteiger partial charge in [0.15, 0.2) is 11.9 Å². The van der Waals surface area contributed by atoms with Crippen molar-refractivity contribution in [3.8, 4) is 5.75 Å². The number of carbonyl (C=O) groups excluding carboxylic acids is 1. The Labute approximate surface area is 194 Å². The molecule has 0 saturated carbocycles. The quantitative estimate of drug-likeness (QED) is 0.440. The van der Waals surface area contributed by atoms with Gasteiger partial charge in [-0.05, 0) is 54.7 Å². The van der Waals surface area contributed by atoms with E-state index in [2.05, 4.69) is 36.6 Å². The maximum Gasteiger partial charge on any atom is 0.298 e. The lowest BCUT2D eigenvalue weighted by Gasteiger charge is -2.41. The van der Waals surface area contributed by atoms with Gasteiger partial charge in [-0.1, -0.05) is 31.5 Å². The van der Waals surface area contributed by atoms with Crippen LogP contribution >= 0.6 is 11.6 Å². The van der Waals surface area contributed by atoms with Crippen LogP contribution in [0.5, 0.6) is 5.75 Å². The van der Waals surface area contributed by atoms with Crippen LogP contribution in [0.1, 0.15) is 31.4 Å². The summed E-state index contributed by atoms with van der Waals surface area (Å²) in [4.78, 5) is 20.2. The predicted octanol–water partition coefficient (Wildman–Crippen LogP) is 5.10. The zero-order chi connectivity index (χ0) is 22.7. The first-order chi connectivity index (χ1) is 15.4. The van der Waals surface area contributed by atoms with Crippen molar-refractivity contribution in [1.29, 1.82) is 0 Å². The Kier molecular flexibility index (Phi) is 7.01. The minimum Gasteiger partial charge on any atom is -0.486 e. The molecule has 1 aliphatic rings. The van der Waals surface area contributed by atoms with E-state index >= 15 is 0 Å². The Hall–Kier alpha value is -2.57. The van der Waals surface area contributed by atoms with E-state index in [1.54, 1.807) is 0 Å². The van der Waals surface area contributed by atoms with Crippen molar-refractivity contribution in [2.75, 3.05) is 31.1 Å². The first kappa shape index (κ1) is 22.6. The van der Waals surface area contributed by atoms with E-state index in [0.717, 1.165) is 61.3 Å². The van der Waals surface area contributed by atoms with Gasteiger partial charge in [-0.3, -0.25) is 9.69 Å². The largest absolute Gasteiger partial charge is 0.486 e. The van der Waals surface area contributed by atoms with Crippen LogP contribution in [0.25, 0.3) is 11.1 Å². The number of fused-ring (bicyclic) bond motifs is 1. The maximum atomic E-state index is 10.7. The van der Waals surface area contributed by atoms with Crippen LogP contribution < -0.4 is 9.64 Å². The molecule has 2 heterocycles. The maximum absolute atomic E-state index is 10.7. The van der Waals surface area contributed by atoms with Crippen molar-refractivity contribution >= 4 is 35.0 Å². The Morgan fingerprint density at radius 1 is 1.25 bits per heavy atom. The van der Waals surface area contributed by atoms with Gasteiger partial charge in [0.25, 0.3) is 6.01 Å². The van der Waals surface area contributed by atoms with Crippen LogP contribution in [0.4, 0.5) is 6.01 Å². The van der Waals surface area contributed by atoms with Gasteiger partial charge in [0, 0.05) is 43.3 Å². The number of hydrogen-bond acceptors (Lipinski definition) is 6. The number of oxazole rings is 1. The summed E-state index contributed by atoms with van der Waals surface area (Å²) in [5.74, 6) is 1.30. The molecule has 0 spiro atoms. The van der Waals surface area contributed by atoms with Crippen LogP contribution in [-0.2, 0) is 11.3 Å². The first-order valence-corrected chi connectivity index (χ1v) is 11.5. The number of nitrogens with zero attached hydrogens (tertiary/aromatic N) is 3. The fourth-order valence-electron chi connectivity index (χ4n) is 4.46. The van der Waals surface area contributed by atoms with Crippen LogP contribution in [0, 0.1) is 12.8 Å². The molecule has 1 saturated heterocycles. The molecule has 0 bridgehead atoms. The van der Waals surface area contributed by atoms with E-state index < -0.39 is 0 Å². The lowest BCUT2D eigenvalue weighted by molar-refractivity contribution is -0.109. The van der Waals surface area contributed by atoms with Crippen molar-refractivity contribution < 1.29 is 13.9 Å². The third-order valence-corrected chi connectivity index (χ3v) is 5.97. The number of aldehydes is 1. The molecule has 0 N–H and O–H groups in total. The van der Waals surface area contributed by atoms with E-state index in [4.69, 9.17) is 25.7 Å².